The molecule has 1 aliphatic heterocycles. The van der Waals surface area contributed by atoms with Crippen molar-refractivity contribution in [3.63, 3.8) is 0 Å². The molecule has 0 aromatic heterocycles. The molecule has 3 rings (SSSR count). The summed E-state index contributed by atoms with van der Waals surface area (Å²) in [6.45, 7) is 1.02. The predicted octanol–water partition coefficient (Wildman–Crippen LogP) is 4.37. The first-order chi connectivity index (χ1) is 11.0. The van der Waals surface area contributed by atoms with Gasteiger partial charge in [0.25, 0.3) is 0 Å². The lowest BCUT2D eigenvalue weighted by atomic mass is 10.1. The summed E-state index contributed by atoms with van der Waals surface area (Å²) in [5, 5.41) is 10.2. The first-order valence-corrected chi connectivity index (χ1v) is 7.60. The minimum absolute atomic E-state index is 0.0357. The number of rotatable bonds is 3. The number of ketones is 1. The van der Waals surface area contributed by atoms with Crippen molar-refractivity contribution < 1.29 is 19.4 Å². The highest BCUT2D eigenvalue weighted by molar-refractivity contribution is 6.36. The van der Waals surface area contributed by atoms with Crippen molar-refractivity contribution in [1.29, 1.82) is 0 Å². The van der Waals surface area contributed by atoms with E-state index in [4.69, 9.17) is 32.7 Å². The minimum atomic E-state index is -0.401. The molecule has 0 radical (unpaired) electrons. The Bertz CT molecular complexity index is 799. The molecule has 118 valence electrons. The van der Waals surface area contributed by atoms with E-state index in [1.54, 1.807) is 18.2 Å². The standard InChI is InChI=1S/C17H12Cl2O4/c18-11-8-12(17(21)13(19)9-11)14(20)3-1-10-2-4-15-16(7-10)23-6-5-22-15/h1-4,7-9,21H,5-6H2/b3-1+. The number of phenolic OH excluding ortho intramolecular Hbond substituents is 1. The van der Waals surface area contributed by atoms with Gasteiger partial charge in [0.05, 0.1) is 10.6 Å². The number of hydrogen-bond acceptors (Lipinski definition) is 4. The molecule has 0 unspecified atom stereocenters. The van der Waals surface area contributed by atoms with Gasteiger partial charge in [-0.25, -0.2) is 0 Å². The van der Waals surface area contributed by atoms with Gasteiger partial charge in [-0.05, 0) is 35.9 Å². The van der Waals surface area contributed by atoms with E-state index >= 15 is 0 Å². The van der Waals surface area contributed by atoms with Gasteiger partial charge in [-0.3, -0.25) is 4.79 Å². The summed E-state index contributed by atoms with van der Waals surface area (Å²) >= 11 is 11.7. The second-order valence-electron chi connectivity index (χ2n) is 4.88. The third kappa shape index (κ3) is 3.44. The van der Waals surface area contributed by atoms with Crippen molar-refractivity contribution >= 4 is 35.1 Å². The summed E-state index contributed by atoms with van der Waals surface area (Å²) in [5.74, 6) is 0.633. The summed E-state index contributed by atoms with van der Waals surface area (Å²) in [5.41, 5.74) is 0.825. The maximum atomic E-state index is 12.2. The van der Waals surface area contributed by atoms with Gasteiger partial charge in [0.1, 0.15) is 19.0 Å². The average Bonchev–Trinajstić information content (AvgIpc) is 2.55. The number of phenols is 1. The number of allylic oxidation sites excluding steroid dienone is 1. The number of ether oxygens (including phenoxy) is 2. The fraction of sp³-hybridized carbons (Fsp3) is 0.118. The third-order valence-corrected chi connectivity index (χ3v) is 3.79. The normalized spacial score (nSPS) is 13.3. The zero-order chi connectivity index (χ0) is 16.4. The van der Waals surface area contributed by atoms with Crippen molar-refractivity contribution in [3.05, 3.63) is 57.6 Å². The van der Waals surface area contributed by atoms with Gasteiger partial charge >= 0.3 is 0 Å². The van der Waals surface area contributed by atoms with Crippen LogP contribution in [0.1, 0.15) is 15.9 Å². The van der Waals surface area contributed by atoms with Crippen LogP contribution in [0, 0.1) is 0 Å². The number of carbonyl (C=O) groups excluding carboxylic acids is 1. The number of benzene rings is 2. The topological polar surface area (TPSA) is 55.8 Å². The zero-order valence-corrected chi connectivity index (χ0v) is 13.4. The average molecular weight is 351 g/mol. The van der Waals surface area contributed by atoms with E-state index in [0.29, 0.717) is 24.7 Å². The Balaban J connectivity index is 1.84. The lowest BCUT2D eigenvalue weighted by molar-refractivity contribution is 0.104. The monoisotopic (exact) mass is 350 g/mol. The van der Waals surface area contributed by atoms with Gasteiger partial charge in [-0.2, -0.15) is 0 Å². The van der Waals surface area contributed by atoms with E-state index < -0.39 is 5.78 Å². The molecule has 23 heavy (non-hydrogen) atoms. The Labute approximate surface area is 142 Å². The third-order valence-electron chi connectivity index (χ3n) is 3.29. The highest BCUT2D eigenvalue weighted by atomic mass is 35.5. The number of hydrogen-bond donors (Lipinski definition) is 1. The second-order valence-corrected chi connectivity index (χ2v) is 5.73. The lowest BCUT2D eigenvalue weighted by Gasteiger charge is -2.18. The minimum Gasteiger partial charge on any atom is -0.506 e. The number of fused-ring (bicyclic) bond motifs is 1. The molecule has 0 aliphatic carbocycles. The van der Waals surface area contributed by atoms with Gasteiger partial charge in [-0.1, -0.05) is 35.3 Å². The zero-order valence-electron chi connectivity index (χ0n) is 11.9. The van der Waals surface area contributed by atoms with Crippen molar-refractivity contribution in [2.24, 2.45) is 0 Å². The first-order valence-electron chi connectivity index (χ1n) is 6.84. The molecule has 2 aromatic rings. The van der Waals surface area contributed by atoms with Gasteiger partial charge in [0.15, 0.2) is 17.3 Å². The predicted molar refractivity (Wildman–Crippen MR) is 88.9 cm³/mol. The van der Waals surface area contributed by atoms with E-state index in [2.05, 4.69) is 0 Å². The molecular weight excluding hydrogens is 339 g/mol. The molecule has 1 heterocycles. The SMILES string of the molecule is O=C(/C=C/c1ccc2c(c1)OCCO2)c1cc(Cl)cc(Cl)c1O. The Hall–Kier alpha value is -2.17. The molecule has 1 aliphatic rings. The number of halogens is 2. The molecule has 0 spiro atoms. The molecule has 2 aromatic carbocycles. The van der Waals surface area contributed by atoms with Crippen molar-refractivity contribution in [2.45, 2.75) is 0 Å². The van der Waals surface area contributed by atoms with E-state index in [-0.39, 0.29) is 21.4 Å². The van der Waals surface area contributed by atoms with Crippen LogP contribution in [0.4, 0.5) is 0 Å². The summed E-state index contributed by atoms with van der Waals surface area (Å²) in [4.78, 5) is 12.2. The van der Waals surface area contributed by atoms with Crippen LogP contribution in [0.25, 0.3) is 6.08 Å². The Morgan fingerprint density at radius 3 is 2.61 bits per heavy atom. The lowest BCUT2D eigenvalue weighted by Crippen LogP contribution is -2.15. The van der Waals surface area contributed by atoms with Crippen LogP contribution < -0.4 is 9.47 Å². The molecule has 0 saturated carbocycles. The Kier molecular flexibility index (Phi) is 4.46. The fourth-order valence-electron chi connectivity index (χ4n) is 2.18. The molecule has 0 saturated heterocycles. The summed E-state index contributed by atoms with van der Waals surface area (Å²) in [7, 11) is 0. The largest absolute Gasteiger partial charge is 0.506 e. The van der Waals surface area contributed by atoms with Crippen molar-refractivity contribution in [3.8, 4) is 17.2 Å². The van der Waals surface area contributed by atoms with E-state index in [0.717, 1.165) is 5.56 Å². The van der Waals surface area contributed by atoms with E-state index in [1.807, 2.05) is 6.07 Å². The van der Waals surface area contributed by atoms with Crippen LogP contribution >= 0.6 is 23.2 Å². The maximum Gasteiger partial charge on any atom is 0.189 e. The molecule has 6 heteroatoms. The fourth-order valence-corrected chi connectivity index (χ4v) is 2.67. The van der Waals surface area contributed by atoms with Crippen LogP contribution in [-0.4, -0.2) is 24.1 Å². The van der Waals surface area contributed by atoms with E-state index in [9.17, 15) is 9.90 Å². The van der Waals surface area contributed by atoms with Gasteiger partial charge in [-0.15, -0.1) is 0 Å². The Morgan fingerprint density at radius 2 is 1.83 bits per heavy atom. The quantitative estimate of drug-likeness (QED) is 0.659. The summed E-state index contributed by atoms with van der Waals surface area (Å²) in [6.07, 6.45) is 2.96. The molecule has 0 bridgehead atoms. The van der Waals surface area contributed by atoms with Gasteiger partial charge in [0.2, 0.25) is 0 Å². The molecule has 0 atom stereocenters. The van der Waals surface area contributed by atoms with Gasteiger partial charge in [0, 0.05) is 5.02 Å². The molecular formula is C17H12Cl2O4. The number of carbonyl (C=O) groups is 1. The van der Waals surface area contributed by atoms with Crippen molar-refractivity contribution in [2.75, 3.05) is 13.2 Å². The molecule has 1 N–H and O–H groups in total. The second kappa shape index (κ2) is 6.52. The molecule has 4 nitrogen and oxygen atoms in total. The summed E-state index contributed by atoms with van der Waals surface area (Å²) < 4.78 is 10.9. The van der Waals surface area contributed by atoms with Crippen LogP contribution in [0.5, 0.6) is 17.2 Å². The molecule has 0 amide bonds. The van der Waals surface area contributed by atoms with Crippen molar-refractivity contribution in [1.82, 2.24) is 0 Å². The van der Waals surface area contributed by atoms with Crippen LogP contribution in [0.2, 0.25) is 10.0 Å². The van der Waals surface area contributed by atoms with Crippen LogP contribution in [0.15, 0.2) is 36.4 Å². The number of aromatic hydroxyl groups is 1. The summed E-state index contributed by atoms with van der Waals surface area (Å²) in [6, 6.07) is 8.12. The first kappa shape index (κ1) is 15.7. The Morgan fingerprint density at radius 1 is 1.09 bits per heavy atom. The van der Waals surface area contributed by atoms with Crippen LogP contribution in [0.3, 0.4) is 0 Å². The highest BCUT2D eigenvalue weighted by Gasteiger charge is 2.14. The van der Waals surface area contributed by atoms with Gasteiger partial charge < -0.3 is 14.6 Å². The smallest absolute Gasteiger partial charge is 0.189 e. The maximum absolute atomic E-state index is 12.2. The molecule has 0 fully saturated rings. The van der Waals surface area contributed by atoms with E-state index in [1.165, 1.54) is 18.2 Å². The highest BCUT2D eigenvalue weighted by Crippen LogP contribution is 2.33. The van der Waals surface area contributed by atoms with Crippen LogP contribution in [-0.2, 0) is 0 Å².